The summed E-state index contributed by atoms with van der Waals surface area (Å²) in [6.45, 7) is 1.87. The number of nitrogens with one attached hydrogen (secondary N) is 1. The zero-order valence-corrected chi connectivity index (χ0v) is 14.9. The first-order valence-corrected chi connectivity index (χ1v) is 8.53. The molecule has 5 nitrogen and oxygen atoms in total. The van der Waals surface area contributed by atoms with E-state index in [9.17, 15) is 4.79 Å². The summed E-state index contributed by atoms with van der Waals surface area (Å²) in [5.74, 6) is 0.954. The summed E-state index contributed by atoms with van der Waals surface area (Å²) in [4.78, 5) is 16.3. The van der Waals surface area contributed by atoms with Crippen LogP contribution in [0.1, 0.15) is 17.7 Å². The average molecular weight is 362 g/mol. The fraction of sp³-hybridized carbons (Fsp3) is 0.235. The molecule has 1 aromatic carbocycles. The largest absolute Gasteiger partial charge is 0.495 e. The molecule has 0 unspecified atom stereocenters. The van der Waals surface area contributed by atoms with Gasteiger partial charge < -0.3 is 10.1 Å². The van der Waals surface area contributed by atoms with E-state index in [2.05, 4.69) is 16.4 Å². The van der Waals surface area contributed by atoms with Crippen LogP contribution in [0.25, 0.3) is 0 Å². The number of thioether (sulfide) groups is 1. The summed E-state index contributed by atoms with van der Waals surface area (Å²) in [5, 5.41) is 12.9. The van der Waals surface area contributed by atoms with Gasteiger partial charge in [-0.3, -0.25) is 4.79 Å². The molecular formula is C17H16ClN3O2S. The van der Waals surface area contributed by atoms with Crippen molar-refractivity contribution in [1.82, 2.24) is 4.98 Å². The van der Waals surface area contributed by atoms with E-state index >= 15 is 0 Å². The Hall–Kier alpha value is -2.23. The molecule has 0 bridgehead atoms. The number of aryl methyl sites for hydroxylation is 1. The van der Waals surface area contributed by atoms with Crippen LogP contribution in [-0.4, -0.2) is 23.8 Å². The number of hydrogen-bond acceptors (Lipinski definition) is 5. The number of methoxy groups -OCH3 is 1. The number of aromatic nitrogens is 1. The van der Waals surface area contributed by atoms with E-state index in [1.807, 2.05) is 6.92 Å². The van der Waals surface area contributed by atoms with E-state index in [-0.39, 0.29) is 5.91 Å². The van der Waals surface area contributed by atoms with Crippen LogP contribution in [-0.2, 0) is 4.79 Å². The Bertz CT molecular complexity index is 790. The van der Waals surface area contributed by atoms with Crippen molar-refractivity contribution in [3.63, 3.8) is 0 Å². The van der Waals surface area contributed by atoms with Gasteiger partial charge in [0.2, 0.25) is 5.91 Å². The second-order valence-corrected chi connectivity index (χ2v) is 6.40. The lowest BCUT2D eigenvalue weighted by atomic mass is 10.3. The zero-order valence-electron chi connectivity index (χ0n) is 13.3. The standard InChI is InChI=1S/C17H16ClN3O2S/c1-11-3-4-12(10-19)17(20-11)24-8-7-16(22)21-13-5-6-15(23-2)14(18)9-13/h3-6,9H,7-8H2,1-2H3,(H,21,22). The Morgan fingerprint density at radius 2 is 2.21 bits per heavy atom. The van der Waals surface area contributed by atoms with E-state index in [0.29, 0.717) is 39.2 Å². The van der Waals surface area contributed by atoms with Crippen LogP contribution in [0, 0.1) is 18.3 Å². The van der Waals surface area contributed by atoms with Gasteiger partial charge >= 0.3 is 0 Å². The predicted octanol–water partition coefficient (Wildman–Crippen LogP) is 4.04. The number of rotatable bonds is 6. The fourth-order valence-corrected chi connectivity index (χ4v) is 3.15. The Balaban J connectivity index is 1.89. The van der Waals surface area contributed by atoms with Crippen LogP contribution in [0.15, 0.2) is 35.4 Å². The number of nitriles is 1. The van der Waals surface area contributed by atoms with Gasteiger partial charge in [-0.15, -0.1) is 11.8 Å². The molecule has 1 N–H and O–H groups in total. The smallest absolute Gasteiger partial charge is 0.225 e. The van der Waals surface area contributed by atoms with Gasteiger partial charge in [-0.2, -0.15) is 5.26 Å². The van der Waals surface area contributed by atoms with Crippen LogP contribution >= 0.6 is 23.4 Å². The van der Waals surface area contributed by atoms with E-state index in [1.165, 1.54) is 18.9 Å². The molecule has 1 aromatic heterocycles. The van der Waals surface area contributed by atoms with E-state index in [4.69, 9.17) is 21.6 Å². The van der Waals surface area contributed by atoms with Gasteiger partial charge in [-0.05, 0) is 37.3 Å². The van der Waals surface area contributed by atoms with E-state index in [1.54, 1.807) is 30.3 Å². The van der Waals surface area contributed by atoms with E-state index < -0.39 is 0 Å². The van der Waals surface area contributed by atoms with Gasteiger partial charge in [0.15, 0.2) is 0 Å². The monoisotopic (exact) mass is 361 g/mol. The van der Waals surface area contributed by atoms with Gasteiger partial charge in [0.05, 0.1) is 17.7 Å². The van der Waals surface area contributed by atoms with Crippen molar-refractivity contribution in [2.45, 2.75) is 18.4 Å². The minimum absolute atomic E-state index is 0.130. The maximum absolute atomic E-state index is 12.0. The third kappa shape index (κ3) is 4.88. The summed E-state index contributed by atoms with van der Waals surface area (Å²) in [6.07, 6.45) is 0.300. The lowest BCUT2D eigenvalue weighted by molar-refractivity contribution is -0.115. The Morgan fingerprint density at radius 1 is 1.42 bits per heavy atom. The quantitative estimate of drug-likeness (QED) is 0.786. The number of halogens is 1. The molecule has 0 spiro atoms. The fourth-order valence-electron chi connectivity index (χ4n) is 1.94. The number of anilines is 1. The first-order chi connectivity index (χ1) is 11.5. The topological polar surface area (TPSA) is 75.0 Å². The Labute approximate surface area is 150 Å². The van der Waals surface area contributed by atoms with Crippen molar-refractivity contribution >= 4 is 35.0 Å². The summed E-state index contributed by atoms with van der Waals surface area (Å²) in [6, 6.07) is 10.7. The molecule has 0 aliphatic rings. The summed E-state index contributed by atoms with van der Waals surface area (Å²) in [5.41, 5.74) is 1.98. The minimum atomic E-state index is -0.130. The number of ether oxygens (including phenoxy) is 1. The van der Waals surface area contributed by atoms with Crippen molar-refractivity contribution in [2.24, 2.45) is 0 Å². The Kier molecular flexibility index (Phi) is 6.47. The highest BCUT2D eigenvalue weighted by Gasteiger charge is 2.09. The number of amides is 1. The first-order valence-electron chi connectivity index (χ1n) is 7.17. The lowest BCUT2D eigenvalue weighted by Crippen LogP contribution is -2.12. The number of benzene rings is 1. The zero-order chi connectivity index (χ0) is 17.5. The number of pyridine rings is 1. The molecule has 0 saturated heterocycles. The second kappa shape index (κ2) is 8.57. The SMILES string of the molecule is COc1ccc(NC(=O)CCSc2nc(C)ccc2C#N)cc1Cl. The van der Waals surface area contributed by atoms with Crippen molar-refractivity contribution in [3.8, 4) is 11.8 Å². The van der Waals surface area contributed by atoms with Crippen LogP contribution in [0.3, 0.4) is 0 Å². The minimum Gasteiger partial charge on any atom is -0.495 e. The predicted molar refractivity (Wildman–Crippen MR) is 95.7 cm³/mol. The molecule has 1 heterocycles. The third-order valence-electron chi connectivity index (χ3n) is 3.12. The van der Waals surface area contributed by atoms with Crippen molar-refractivity contribution in [3.05, 3.63) is 46.6 Å². The van der Waals surface area contributed by atoms with Crippen molar-refractivity contribution in [2.75, 3.05) is 18.2 Å². The molecule has 24 heavy (non-hydrogen) atoms. The maximum Gasteiger partial charge on any atom is 0.225 e. The molecule has 0 atom stereocenters. The van der Waals surface area contributed by atoms with Crippen LogP contribution < -0.4 is 10.1 Å². The van der Waals surface area contributed by atoms with Crippen molar-refractivity contribution < 1.29 is 9.53 Å². The summed E-state index contributed by atoms with van der Waals surface area (Å²) >= 11 is 7.42. The molecular weight excluding hydrogens is 346 g/mol. The van der Waals surface area contributed by atoms with Crippen molar-refractivity contribution in [1.29, 1.82) is 5.26 Å². The normalized spacial score (nSPS) is 10.1. The van der Waals surface area contributed by atoms with Crippen LogP contribution in [0.4, 0.5) is 5.69 Å². The molecule has 124 valence electrons. The molecule has 0 aliphatic heterocycles. The first kappa shape index (κ1) is 18.1. The van der Waals surface area contributed by atoms with Gasteiger partial charge in [0, 0.05) is 23.6 Å². The maximum atomic E-state index is 12.0. The van der Waals surface area contributed by atoms with Gasteiger partial charge in [0.1, 0.15) is 16.8 Å². The van der Waals surface area contributed by atoms with Crippen LogP contribution in [0.2, 0.25) is 5.02 Å². The van der Waals surface area contributed by atoms with Crippen LogP contribution in [0.5, 0.6) is 5.75 Å². The average Bonchev–Trinajstić information content (AvgIpc) is 2.55. The molecule has 1 amide bonds. The molecule has 0 saturated carbocycles. The second-order valence-electron chi connectivity index (χ2n) is 4.91. The molecule has 0 aliphatic carbocycles. The molecule has 0 radical (unpaired) electrons. The molecule has 7 heteroatoms. The van der Waals surface area contributed by atoms with Gasteiger partial charge in [-0.1, -0.05) is 11.6 Å². The number of carbonyl (C=O) groups is 1. The third-order valence-corrected chi connectivity index (χ3v) is 4.41. The molecule has 2 rings (SSSR count). The number of carbonyl (C=O) groups excluding carboxylic acids is 1. The molecule has 0 fully saturated rings. The number of hydrogen-bond donors (Lipinski definition) is 1. The summed E-state index contributed by atoms with van der Waals surface area (Å²) in [7, 11) is 1.53. The highest BCUT2D eigenvalue weighted by Crippen LogP contribution is 2.27. The summed E-state index contributed by atoms with van der Waals surface area (Å²) < 4.78 is 5.07. The highest BCUT2D eigenvalue weighted by atomic mass is 35.5. The number of nitrogens with zero attached hydrogens (tertiary/aromatic N) is 2. The highest BCUT2D eigenvalue weighted by molar-refractivity contribution is 7.99. The molecule has 2 aromatic rings. The van der Waals surface area contributed by atoms with E-state index in [0.717, 1.165) is 5.69 Å². The Morgan fingerprint density at radius 3 is 2.88 bits per heavy atom. The lowest BCUT2D eigenvalue weighted by Gasteiger charge is -2.08. The van der Waals surface area contributed by atoms with Gasteiger partial charge in [-0.25, -0.2) is 4.98 Å². The van der Waals surface area contributed by atoms with Gasteiger partial charge in [0.25, 0.3) is 0 Å².